The number of amides is 4. The van der Waals surface area contributed by atoms with Gasteiger partial charge in [0, 0.05) is 64.0 Å². The molecule has 0 aliphatic carbocycles. The number of alkyl carbamates (subject to hydrolysis) is 2. The van der Waals surface area contributed by atoms with Crippen molar-refractivity contribution in [2.24, 2.45) is 11.5 Å². The summed E-state index contributed by atoms with van der Waals surface area (Å²) in [7, 11) is 0. The molecule has 0 heterocycles. The molecule has 0 aliphatic rings. The standard InChI is InChI=1S/C17H24N2O5.C12H16N2O3.C9H17NO4.C4H9NO2.2ClH/c1-12(20)19-13-7-9-14(10-8-13)23-15(21)6-5-11-18-16(22)24-17(2,3)4;1-9(15)14-10-4-6-11(7-5-10)17-12(16)3-2-8-13;1-9(2,3)14-8(13)10-6-4-5-7(11)12;5-3-1-2-4(6)7;;/h7-10H,5-6,11H2,1-4H3,(H,18,22)(H,19,20);4-7H,2-3,8,13H2,1H3,(H,14,15);4-6H2,1-3H3,(H,10,13)(H,11,12);1-3,5H2,(H,6,7);2*1H. The first-order valence-electron chi connectivity index (χ1n) is 19.8. The van der Waals surface area contributed by atoms with Crippen LogP contribution in [-0.4, -0.2) is 95.5 Å². The summed E-state index contributed by atoms with van der Waals surface area (Å²) in [5.74, 6) is -1.79. The van der Waals surface area contributed by atoms with Crippen LogP contribution in [0.5, 0.6) is 11.5 Å². The second-order valence-electron chi connectivity index (χ2n) is 15.0. The molecule has 0 aliphatic heterocycles. The summed E-state index contributed by atoms with van der Waals surface area (Å²) in [5.41, 5.74) is 10.5. The number of carboxylic acids is 2. The van der Waals surface area contributed by atoms with Gasteiger partial charge in [0.1, 0.15) is 22.7 Å². The van der Waals surface area contributed by atoms with Crippen molar-refractivity contribution in [1.82, 2.24) is 10.6 Å². The van der Waals surface area contributed by atoms with Gasteiger partial charge in [0.05, 0.1) is 0 Å². The van der Waals surface area contributed by atoms with Gasteiger partial charge in [0.25, 0.3) is 0 Å². The van der Waals surface area contributed by atoms with E-state index in [1.807, 2.05) is 0 Å². The van der Waals surface area contributed by atoms with Crippen LogP contribution >= 0.6 is 24.8 Å². The van der Waals surface area contributed by atoms with Crippen molar-refractivity contribution in [2.75, 3.05) is 36.8 Å². The minimum Gasteiger partial charge on any atom is -0.481 e. The lowest BCUT2D eigenvalue weighted by Gasteiger charge is -2.19. The molecule has 364 valence electrons. The summed E-state index contributed by atoms with van der Waals surface area (Å²) >= 11 is 0. The summed E-state index contributed by atoms with van der Waals surface area (Å²) in [4.78, 5) is 87.0. The van der Waals surface area contributed by atoms with Crippen molar-refractivity contribution in [3.05, 3.63) is 48.5 Å². The Kier molecular flexibility index (Phi) is 37.3. The number of hydrogen-bond donors (Lipinski definition) is 8. The number of benzene rings is 2. The lowest BCUT2D eigenvalue weighted by atomic mass is 10.2. The van der Waals surface area contributed by atoms with E-state index in [-0.39, 0.29) is 61.9 Å². The molecule has 0 atom stereocenters. The molecule has 0 aromatic heterocycles. The second-order valence-corrected chi connectivity index (χ2v) is 15.0. The second kappa shape index (κ2) is 36.8. The number of ether oxygens (including phenoxy) is 4. The molecule has 2 rings (SSSR count). The van der Waals surface area contributed by atoms with Gasteiger partial charge < -0.3 is 61.9 Å². The van der Waals surface area contributed by atoms with Crippen LogP contribution in [0.2, 0.25) is 0 Å². The maximum absolute atomic E-state index is 11.7. The highest BCUT2D eigenvalue weighted by atomic mass is 35.5. The highest BCUT2D eigenvalue weighted by Crippen LogP contribution is 2.17. The molecule has 20 nitrogen and oxygen atoms in total. The number of rotatable bonds is 18. The Morgan fingerprint density at radius 1 is 0.516 bits per heavy atom. The van der Waals surface area contributed by atoms with Crippen LogP contribution in [-0.2, 0) is 38.2 Å². The number of carboxylic acid groups (broad SMARTS) is 2. The third-order valence-corrected chi connectivity index (χ3v) is 6.45. The van der Waals surface area contributed by atoms with Crippen LogP contribution in [0, 0.1) is 0 Å². The molecule has 0 fully saturated rings. The highest BCUT2D eigenvalue weighted by molar-refractivity contribution is 5.89. The van der Waals surface area contributed by atoms with Crippen molar-refractivity contribution in [3.63, 3.8) is 0 Å². The topological polar surface area (TPSA) is 314 Å². The first kappa shape index (κ1) is 64.9. The van der Waals surface area contributed by atoms with E-state index in [0.29, 0.717) is 81.2 Å². The number of hydrogen-bond acceptors (Lipinski definition) is 14. The third kappa shape index (κ3) is 44.4. The lowest BCUT2D eigenvalue weighted by molar-refractivity contribution is -0.138. The van der Waals surface area contributed by atoms with Gasteiger partial charge in [-0.15, -0.1) is 24.8 Å². The normalized spacial score (nSPS) is 9.91. The molecule has 0 radical (unpaired) electrons. The van der Waals surface area contributed by atoms with E-state index < -0.39 is 41.3 Å². The van der Waals surface area contributed by atoms with Crippen LogP contribution in [0.4, 0.5) is 21.0 Å². The van der Waals surface area contributed by atoms with Gasteiger partial charge in [-0.2, -0.15) is 0 Å². The van der Waals surface area contributed by atoms with E-state index in [1.165, 1.54) is 13.8 Å². The van der Waals surface area contributed by atoms with Gasteiger partial charge in [-0.25, -0.2) is 9.59 Å². The molecule has 0 unspecified atom stereocenters. The zero-order valence-electron chi connectivity index (χ0n) is 37.9. The van der Waals surface area contributed by atoms with Gasteiger partial charge in [-0.1, -0.05) is 0 Å². The van der Waals surface area contributed by atoms with Crippen molar-refractivity contribution >= 4 is 84.1 Å². The zero-order chi connectivity index (χ0) is 47.7. The van der Waals surface area contributed by atoms with Crippen molar-refractivity contribution in [1.29, 1.82) is 0 Å². The highest BCUT2D eigenvalue weighted by Gasteiger charge is 2.16. The fraction of sp³-hybridized carbons (Fsp3) is 0.524. The number of nitrogens with two attached hydrogens (primary N) is 2. The van der Waals surface area contributed by atoms with E-state index in [2.05, 4.69) is 21.3 Å². The SMILES string of the molecule is CC(=O)Nc1ccc(OC(=O)CCCN)cc1.CC(=O)Nc1ccc(OC(=O)CCCNC(=O)OC(C)(C)C)cc1.CC(C)(C)OC(=O)NCCCC(=O)O.Cl.Cl.NCCCC(=O)O. The average Bonchev–Trinajstić information content (AvgIpc) is 3.14. The van der Waals surface area contributed by atoms with Crippen LogP contribution in [0.15, 0.2) is 48.5 Å². The number of aliphatic carboxylic acids is 2. The summed E-state index contributed by atoms with van der Waals surface area (Å²) < 4.78 is 20.3. The molecule has 64 heavy (non-hydrogen) atoms. The molecule has 0 saturated carbocycles. The maximum atomic E-state index is 11.7. The first-order valence-corrected chi connectivity index (χ1v) is 19.8. The van der Waals surface area contributed by atoms with E-state index in [1.54, 1.807) is 90.1 Å². The summed E-state index contributed by atoms with van der Waals surface area (Å²) in [6, 6.07) is 13.1. The minimum atomic E-state index is -0.865. The summed E-state index contributed by atoms with van der Waals surface area (Å²) in [5, 5.41) is 26.6. The van der Waals surface area contributed by atoms with E-state index >= 15 is 0 Å². The Bertz CT molecular complexity index is 1690. The fourth-order valence-corrected chi connectivity index (χ4v) is 3.97. The van der Waals surface area contributed by atoms with Crippen molar-refractivity contribution in [2.45, 2.75) is 118 Å². The monoisotopic (exact) mass is 950 g/mol. The van der Waals surface area contributed by atoms with Crippen LogP contribution < -0.4 is 42.2 Å². The number of anilines is 2. The smallest absolute Gasteiger partial charge is 0.407 e. The number of nitrogens with one attached hydrogen (secondary N) is 4. The van der Waals surface area contributed by atoms with Crippen LogP contribution in [0.3, 0.4) is 0 Å². The molecular weight excluding hydrogens is 883 g/mol. The molecule has 0 saturated heterocycles. The molecule has 4 amide bonds. The lowest BCUT2D eigenvalue weighted by Crippen LogP contribution is -2.33. The van der Waals surface area contributed by atoms with E-state index in [0.717, 1.165) is 0 Å². The zero-order valence-corrected chi connectivity index (χ0v) is 39.5. The molecule has 2 aromatic rings. The quantitative estimate of drug-likeness (QED) is 0.0470. The van der Waals surface area contributed by atoms with E-state index in [9.17, 15) is 38.4 Å². The maximum Gasteiger partial charge on any atom is 0.407 e. The number of carbonyl (C=O) groups excluding carboxylic acids is 6. The van der Waals surface area contributed by atoms with Crippen LogP contribution in [0.25, 0.3) is 0 Å². The molecular formula is C42H68Cl2N6O14. The predicted octanol–water partition coefficient (Wildman–Crippen LogP) is 6.17. The van der Waals surface area contributed by atoms with E-state index in [4.69, 9.17) is 40.6 Å². The van der Waals surface area contributed by atoms with Gasteiger partial charge >= 0.3 is 36.1 Å². The summed E-state index contributed by atoms with van der Waals surface area (Å²) in [6.07, 6.45) is 1.75. The molecule has 0 spiro atoms. The number of carbonyl (C=O) groups is 8. The average molecular weight is 952 g/mol. The summed E-state index contributed by atoms with van der Waals surface area (Å²) in [6.45, 7) is 15.1. The van der Waals surface area contributed by atoms with Crippen molar-refractivity contribution in [3.8, 4) is 11.5 Å². The first-order chi connectivity index (χ1) is 28.8. The number of esters is 2. The number of halogens is 2. The molecule has 22 heteroatoms. The fourth-order valence-electron chi connectivity index (χ4n) is 3.97. The Labute approximate surface area is 387 Å². The van der Waals surface area contributed by atoms with Gasteiger partial charge in [-0.05, 0) is 129 Å². The largest absolute Gasteiger partial charge is 0.481 e. The molecule has 10 N–H and O–H groups in total. The Morgan fingerprint density at radius 2 is 0.812 bits per heavy atom. The Balaban J connectivity index is -0.000000398. The Morgan fingerprint density at radius 3 is 1.09 bits per heavy atom. The van der Waals surface area contributed by atoms with Gasteiger partial charge in [0.15, 0.2) is 0 Å². The molecule has 0 bridgehead atoms. The van der Waals surface area contributed by atoms with Gasteiger partial charge in [-0.3, -0.25) is 28.8 Å². The molecule has 2 aromatic carbocycles. The van der Waals surface area contributed by atoms with Gasteiger partial charge in [0.2, 0.25) is 11.8 Å². The Hall–Kier alpha value is -5.70. The predicted molar refractivity (Wildman–Crippen MR) is 246 cm³/mol. The van der Waals surface area contributed by atoms with Crippen molar-refractivity contribution < 1.29 is 67.5 Å². The van der Waals surface area contributed by atoms with Crippen LogP contribution in [0.1, 0.15) is 107 Å². The minimum absolute atomic E-state index is 0. The third-order valence-electron chi connectivity index (χ3n) is 6.45.